The normalized spacial score (nSPS) is 13.2. The van der Waals surface area contributed by atoms with Gasteiger partial charge in [-0.2, -0.15) is 0 Å². The highest BCUT2D eigenvalue weighted by Crippen LogP contribution is 2.20. The van der Waals surface area contributed by atoms with Crippen LogP contribution in [-0.2, 0) is 0 Å². The average molecular weight is 204 g/mol. The summed E-state index contributed by atoms with van der Waals surface area (Å²) in [6.45, 7) is 0.0679. The monoisotopic (exact) mass is 204 g/mol. The lowest BCUT2D eigenvalue weighted by atomic mass is 10.3. The number of nitrogens with zero attached hydrogens (tertiary/aromatic N) is 1. The summed E-state index contributed by atoms with van der Waals surface area (Å²) in [4.78, 5) is 4.12. The minimum atomic E-state index is -0.0857. The van der Waals surface area contributed by atoms with Crippen molar-refractivity contribution in [1.29, 1.82) is 0 Å². The zero-order valence-corrected chi connectivity index (χ0v) is 8.27. The predicted molar refractivity (Wildman–Crippen MR) is 52.5 cm³/mol. The number of thiazole rings is 1. The molecule has 3 nitrogen and oxygen atoms in total. The quantitative estimate of drug-likeness (QED) is 0.701. The topological polar surface area (TPSA) is 59.1 Å². The van der Waals surface area contributed by atoms with E-state index in [0.29, 0.717) is 0 Å². The number of aromatic nitrogens is 1. The Kier molecular flexibility index (Phi) is 4.60. The SMILES string of the molecule is NC(CO)CCSc1nccs1. The molecule has 0 saturated heterocycles. The Hall–Kier alpha value is -0.100. The first-order valence-electron chi connectivity index (χ1n) is 3.71. The van der Waals surface area contributed by atoms with Crippen LogP contribution in [0, 0.1) is 0 Å². The molecule has 0 aliphatic rings. The van der Waals surface area contributed by atoms with Crippen LogP contribution in [0.3, 0.4) is 0 Å². The van der Waals surface area contributed by atoms with Gasteiger partial charge >= 0.3 is 0 Å². The maximum atomic E-state index is 8.64. The zero-order chi connectivity index (χ0) is 8.81. The van der Waals surface area contributed by atoms with E-state index in [1.54, 1.807) is 29.3 Å². The van der Waals surface area contributed by atoms with Gasteiger partial charge in [0.2, 0.25) is 0 Å². The summed E-state index contributed by atoms with van der Waals surface area (Å²) in [6, 6.07) is -0.0857. The lowest BCUT2D eigenvalue weighted by Crippen LogP contribution is -2.24. The summed E-state index contributed by atoms with van der Waals surface area (Å²) in [6.07, 6.45) is 2.62. The van der Waals surface area contributed by atoms with E-state index in [2.05, 4.69) is 4.98 Å². The van der Waals surface area contributed by atoms with E-state index in [0.717, 1.165) is 16.5 Å². The fourth-order valence-electron chi connectivity index (χ4n) is 0.671. The largest absolute Gasteiger partial charge is 0.395 e. The molecule has 0 radical (unpaired) electrons. The number of hydrogen-bond donors (Lipinski definition) is 2. The van der Waals surface area contributed by atoms with E-state index in [4.69, 9.17) is 10.8 Å². The first-order valence-corrected chi connectivity index (χ1v) is 5.58. The van der Waals surface area contributed by atoms with Crippen molar-refractivity contribution in [2.24, 2.45) is 5.73 Å². The van der Waals surface area contributed by atoms with Gasteiger partial charge in [0.1, 0.15) is 4.34 Å². The summed E-state index contributed by atoms with van der Waals surface area (Å²) in [7, 11) is 0. The van der Waals surface area contributed by atoms with Crippen LogP contribution in [0.25, 0.3) is 0 Å². The van der Waals surface area contributed by atoms with Crippen molar-refractivity contribution in [3.63, 3.8) is 0 Å². The van der Waals surface area contributed by atoms with E-state index in [1.165, 1.54) is 0 Å². The predicted octanol–water partition coefficient (Wildman–Crippen LogP) is 0.945. The Morgan fingerprint density at radius 1 is 1.75 bits per heavy atom. The Bertz CT molecular complexity index is 203. The van der Waals surface area contributed by atoms with E-state index in [-0.39, 0.29) is 12.6 Å². The summed E-state index contributed by atoms with van der Waals surface area (Å²) in [5.74, 6) is 0.926. The van der Waals surface area contributed by atoms with Crippen LogP contribution >= 0.6 is 23.1 Å². The van der Waals surface area contributed by atoms with E-state index in [9.17, 15) is 0 Å². The number of nitrogens with two attached hydrogens (primary N) is 1. The maximum Gasteiger partial charge on any atom is 0.149 e. The van der Waals surface area contributed by atoms with E-state index in [1.807, 2.05) is 5.38 Å². The van der Waals surface area contributed by atoms with Crippen LogP contribution in [0.4, 0.5) is 0 Å². The number of aliphatic hydroxyl groups excluding tert-OH is 1. The van der Waals surface area contributed by atoms with Gasteiger partial charge in [-0.25, -0.2) is 4.98 Å². The first kappa shape index (κ1) is 9.98. The first-order chi connectivity index (χ1) is 5.83. The standard InChI is InChI=1S/C7H12N2OS2/c8-6(5-10)1-3-11-7-9-2-4-12-7/h2,4,6,10H,1,3,5,8H2. The van der Waals surface area contributed by atoms with Crippen molar-refractivity contribution in [3.8, 4) is 0 Å². The van der Waals surface area contributed by atoms with Gasteiger partial charge in [0.25, 0.3) is 0 Å². The van der Waals surface area contributed by atoms with Crippen LogP contribution in [0.5, 0.6) is 0 Å². The molecule has 1 rings (SSSR count). The Morgan fingerprint density at radius 2 is 2.58 bits per heavy atom. The highest BCUT2D eigenvalue weighted by Gasteiger charge is 2.01. The summed E-state index contributed by atoms with van der Waals surface area (Å²) < 4.78 is 1.07. The van der Waals surface area contributed by atoms with Gasteiger partial charge in [-0.15, -0.1) is 11.3 Å². The molecule has 0 aromatic carbocycles. The van der Waals surface area contributed by atoms with Gasteiger partial charge in [-0.05, 0) is 6.42 Å². The molecule has 12 heavy (non-hydrogen) atoms. The van der Waals surface area contributed by atoms with Gasteiger partial charge in [0, 0.05) is 23.4 Å². The smallest absolute Gasteiger partial charge is 0.149 e. The summed E-state index contributed by atoms with van der Waals surface area (Å²) in [5.41, 5.74) is 5.53. The Labute approximate surface area is 80.0 Å². The highest BCUT2D eigenvalue weighted by atomic mass is 32.2. The molecule has 0 bridgehead atoms. The fraction of sp³-hybridized carbons (Fsp3) is 0.571. The molecule has 0 fully saturated rings. The Morgan fingerprint density at radius 3 is 3.17 bits per heavy atom. The molecular weight excluding hydrogens is 192 g/mol. The minimum Gasteiger partial charge on any atom is -0.395 e. The molecule has 0 amide bonds. The van der Waals surface area contributed by atoms with Crippen molar-refractivity contribution in [2.45, 2.75) is 16.8 Å². The molecule has 0 aliphatic heterocycles. The molecular formula is C7H12N2OS2. The van der Waals surface area contributed by atoms with Crippen LogP contribution in [0.1, 0.15) is 6.42 Å². The molecule has 1 aromatic heterocycles. The maximum absolute atomic E-state index is 8.64. The molecule has 68 valence electrons. The van der Waals surface area contributed by atoms with Crippen molar-refractivity contribution >= 4 is 23.1 Å². The van der Waals surface area contributed by atoms with Crippen molar-refractivity contribution < 1.29 is 5.11 Å². The highest BCUT2D eigenvalue weighted by molar-refractivity contribution is 8.00. The second-order valence-corrected chi connectivity index (χ2v) is 4.61. The van der Waals surface area contributed by atoms with Crippen molar-refractivity contribution in [2.75, 3.05) is 12.4 Å². The molecule has 0 aliphatic carbocycles. The van der Waals surface area contributed by atoms with Crippen LogP contribution in [0.15, 0.2) is 15.9 Å². The van der Waals surface area contributed by atoms with Gasteiger partial charge in [0.05, 0.1) is 6.61 Å². The van der Waals surface area contributed by atoms with E-state index < -0.39 is 0 Å². The van der Waals surface area contributed by atoms with Crippen LogP contribution in [0.2, 0.25) is 0 Å². The fourth-order valence-corrected chi connectivity index (χ4v) is 2.45. The third-order valence-electron chi connectivity index (χ3n) is 1.36. The van der Waals surface area contributed by atoms with Gasteiger partial charge in [0.15, 0.2) is 0 Å². The van der Waals surface area contributed by atoms with Gasteiger partial charge < -0.3 is 10.8 Å². The summed E-state index contributed by atoms with van der Waals surface area (Å²) >= 11 is 3.32. The van der Waals surface area contributed by atoms with Crippen molar-refractivity contribution in [3.05, 3.63) is 11.6 Å². The number of aliphatic hydroxyl groups is 1. The Balaban J connectivity index is 2.11. The molecule has 1 unspecified atom stereocenters. The zero-order valence-electron chi connectivity index (χ0n) is 6.64. The van der Waals surface area contributed by atoms with Crippen molar-refractivity contribution in [1.82, 2.24) is 4.98 Å². The van der Waals surface area contributed by atoms with Gasteiger partial charge in [-0.1, -0.05) is 11.8 Å². The number of thioether (sulfide) groups is 1. The third kappa shape index (κ3) is 3.53. The molecule has 1 aromatic rings. The van der Waals surface area contributed by atoms with Crippen LogP contribution < -0.4 is 5.73 Å². The van der Waals surface area contributed by atoms with E-state index >= 15 is 0 Å². The molecule has 1 atom stereocenters. The summed E-state index contributed by atoms with van der Waals surface area (Å²) in [5, 5.41) is 10.6. The average Bonchev–Trinajstić information content (AvgIpc) is 2.57. The second kappa shape index (κ2) is 5.53. The molecule has 0 saturated carbocycles. The number of rotatable bonds is 5. The molecule has 5 heteroatoms. The van der Waals surface area contributed by atoms with Gasteiger partial charge in [-0.3, -0.25) is 0 Å². The molecule has 0 spiro atoms. The second-order valence-electron chi connectivity index (χ2n) is 2.38. The third-order valence-corrected chi connectivity index (χ3v) is 3.36. The number of hydrogen-bond acceptors (Lipinski definition) is 5. The lowest BCUT2D eigenvalue weighted by molar-refractivity contribution is 0.264. The molecule has 1 heterocycles. The molecule has 3 N–H and O–H groups in total. The lowest BCUT2D eigenvalue weighted by Gasteiger charge is -2.05. The van der Waals surface area contributed by atoms with Crippen LogP contribution in [-0.4, -0.2) is 28.5 Å². The minimum absolute atomic E-state index is 0.0679.